The van der Waals surface area contributed by atoms with Crippen LogP contribution in [0.5, 0.6) is 17.2 Å². The Labute approximate surface area is 161 Å². The highest BCUT2D eigenvalue weighted by atomic mass is 35.5. The van der Waals surface area contributed by atoms with E-state index < -0.39 is 0 Å². The monoisotopic (exact) mass is 378 g/mol. The molecule has 0 heterocycles. The van der Waals surface area contributed by atoms with Crippen LogP contribution >= 0.6 is 11.6 Å². The molecule has 0 aliphatic heterocycles. The van der Waals surface area contributed by atoms with Gasteiger partial charge < -0.3 is 14.2 Å². The van der Waals surface area contributed by atoms with Gasteiger partial charge in [-0.25, -0.2) is 0 Å². The summed E-state index contributed by atoms with van der Waals surface area (Å²) in [7, 11) is 1.52. The van der Waals surface area contributed by atoms with Crippen LogP contribution in [-0.4, -0.2) is 26.1 Å². The molecule has 0 amide bonds. The Kier molecular flexibility index (Phi) is 9.60. The fourth-order valence-corrected chi connectivity index (χ4v) is 2.51. The number of carbonyl (C=O) groups excluding carboxylic acids is 1. The summed E-state index contributed by atoms with van der Waals surface area (Å²) < 4.78 is 16.6. The molecule has 0 aliphatic carbocycles. The third-order valence-corrected chi connectivity index (χ3v) is 3.93. The maximum atomic E-state index is 12.8. The average molecular weight is 379 g/mol. The lowest BCUT2D eigenvalue weighted by atomic mass is 10.0. The second-order valence-electron chi connectivity index (χ2n) is 5.43. The van der Waals surface area contributed by atoms with Crippen molar-refractivity contribution in [3.8, 4) is 17.2 Å². The van der Waals surface area contributed by atoms with Crippen LogP contribution in [0.1, 0.15) is 44.5 Å². The molecule has 5 heteroatoms. The second kappa shape index (κ2) is 11.4. The van der Waals surface area contributed by atoms with Crippen LogP contribution in [0.4, 0.5) is 0 Å². The van der Waals surface area contributed by atoms with E-state index >= 15 is 0 Å². The van der Waals surface area contributed by atoms with E-state index in [0.29, 0.717) is 41.1 Å². The number of benzene rings is 1. The minimum atomic E-state index is -0.0976. The molecule has 1 aromatic carbocycles. The summed E-state index contributed by atoms with van der Waals surface area (Å²) in [6, 6.07) is 3.43. The van der Waals surface area contributed by atoms with Gasteiger partial charge in [-0.1, -0.05) is 29.8 Å². The molecule has 1 aromatic rings. The Hall–Kier alpha value is -2.20. The molecule has 0 aromatic heterocycles. The van der Waals surface area contributed by atoms with E-state index in [-0.39, 0.29) is 12.2 Å². The summed E-state index contributed by atoms with van der Waals surface area (Å²) >= 11 is 6.13. The van der Waals surface area contributed by atoms with Crippen LogP contribution < -0.4 is 14.2 Å². The molecule has 142 valence electrons. The third kappa shape index (κ3) is 6.26. The number of allylic oxidation sites excluding steroid dienone is 6. The largest absolute Gasteiger partial charge is 0.496 e. The van der Waals surface area contributed by atoms with Gasteiger partial charge in [0.2, 0.25) is 0 Å². The number of Topliss-reactive ketones (excluding diaryl/α,β-unsaturated/α-hetero) is 1. The highest BCUT2D eigenvalue weighted by Gasteiger charge is 2.19. The minimum Gasteiger partial charge on any atom is -0.496 e. The molecule has 0 atom stereocenters. The van der Waals surface area contributed by atoms with Crippen molar-refractivity contribution in [2.45, 2.75) is 34.1 Å². The van der Waals surface area contributed by atoms with Crippen molar-refractivity contribution in [1.29, 1.82) is 0 Å². The second-order valence-corrected chi connectivity index (χ2v) is 5.83. The van der Waals surface area contributed by atoms with E-state index in [2.05, 4.69) is 0 Å². The SMILES string of the molecule is C\C=C/C(Cl)=C(C)\C=C\CC(=O)c1c(OC)cc(OCC)cc1OCC. The van der Waals surface area contributed by atoms with Gasteiger partial charge in [0.15, 0.2) is 5.78 Å². The van der Waals surface area contributed by atoms with Gasteiger partial charge in [0.25, 0.3) is 0 Å². The van der Waals surface area contributed by atoms with Gasteiger partial charge in [0.05, 0.1) is 20.3 Å². The molecule has 0 spiro atoms. The van der Waals surface area contributed by atoms with Crippen molar-refractivity contribution < 1.29 is 19.0 Å². The van der Waals surface area contributed by atoms with Crippen LogP contribution in [0, 0.1) is 0 Å². The minimum absolute atomic E-state index is 0.0976. The molecule has 0 unspecified atom stereocenters. The fraction of sp³-hybridized carbons (Fsp3) is 0.381. The van der Waals surface area contributed by atoms with Gasteiger partial charge in [-0.3, -0.25) is 4.79 Å². The number of methoxy groups -OCH3 is 1. The zero-order valence-corrected chi connectivity index (χ0v) is 16.9. The number of ketones is 1. The van der Waals surface area contributed by atoms with Gasteiger partial charge in [0.1, 0.15) is 22.8 Å². The Bertz CT molecular complexity index is 702. The van der Waals surface area contributed by atoms with Crippen LogP contribution in [0.15, 0.2) is 47.0 Å². The van der Waals surface area contributed by atoms with Crippen molar-refractivity contribution in [2.75, 3.05) is 20.3 Å². The number of carbonyl (C=O) groups is 1. The van der Waals surface area contributed by atoms with E-state index in [1.54, 1.807) is 18.2 Å². The number of rotatable bonds is 10. The number of hydrogen-bond acceptors (Lipinski definition) is 4. The Morgan fingerprint density at radius 3 is 2.35 bits per heavy atom. The third-order valence-electron chi connectivity index (χ3n) is 3.51. The first-order valence-corrected chi connectivity index (χ1v) is 9.02. The van der Waals surface area contributed by atoms with E-state index in [9.17, 15) is 4.79 Å². The molecule has 0 radical (unpaired) electrons. The first-order valence-electron chi connectivity index (χ1n) is 8.64. The summed E-state index contributed by atoms with van der Waals surface area (Å²) in [5, 5.41) is 0.643. The molecular formula is C21H27ClO4. The summed E-state index contributed by atoms with van der Waals surface area (Å²) in [6.07, 6.45) is 7.51. The molecule has 4 nitrogen and oxygen atoms in total. The van der Waals surface area contributed by atoms with Crippen molar-refractivity contribution in [3.05, 3.63) is 52.6 Å². The lowest BCUT2D eigenvalue weighted by Crippen LogP contribution is -2.07. The zero-order valence-electron chi connectivity index (χ0n) is 16.1. The summed E-state index contributed by atoms with van der Waals surface area (Å²) in [4.78, 5) is 12.8. The lowest BCUT2D eigenvalue weighted by molar-refractivity contribution is 0.0989. The molecule has 1 rings (SSSR count). The predicted octanol–water partition coefficient (Wildman–Crippen LogP) is 5.71. The Morgan fingerprint density at radius 1 is 1.12 bits per heavy atom. The van der Waals surface area contributed by atoms with Gasteiger partial charge in [-0.05, 0) is 39.3 Å². The maximum Gasteiger partial charge on any atom is 0.174 e. The van der Waals surface area contributed by atoms with Gasteiger partial charge in [-0.2, -0.15) is 0 Å². The maximum absolute atomic E-state index is 12.8. The molecule has 0 bridgehead atoms. The van der Waals surface area contributed by atoms with Crippen LogP contribution in [0.25, 0.3) is 0 Å². The first-order chi connectivity index (χ1) is 12.5. The van der Waals surface area contributed by atoms with E-state index in [1.165, 1.54) is 7.11 Å². The Morgan fingerprint density at radius 2 is 1.77 bits per heavy atom. The molecule has 0 saturated carbocycles. The average Bonchev–Trinajstić information content (AvgIpc) is 2.61. The summed E-state index contributed by atoms with van der Waals surface area (Å²) in [5.41, 5.74) is 1.31. The quantitative estimate of drug-likeness (QED) is 0.386. The summed E-state index contributed by atoms with van der Waals surface area (Å²) in [6.45, 7) is 8.51. The van der Waals surface area contributed by atoms with Crippen molar-refractivity contribution in [2.24, 2.45) is 0 Å². The van der Waals surface area contributed by atoms with E-state index in [0.717, 1.165) is 5.57 Å². The highest BCUT2D eigenvalue weighted by Crippen LogP contribution is 2.35. The molecule has 26 heavy (non-hydrogen) atoms. The van der Waals surface area contributed by atoms with E-state index in [1.807, 2.05) is 45.9 Å². The molecule has 0 aliphatic rings. The molecule has 0 N–H and O–H groups in total. The van der Waals surface area contributed by atoms with Crippen LogP contribution in [-0.2, 0) is 0 Å². The zero-order chi connectivity index (χ0) is 19.5. The lowest BCUT2D eigenvalue weighted by Gasteiger charge is -2.15. The Balaban J connectivity index is 3.12. The van der Waals surface area contributed by atoms with E-state index in [4.69, 9.17) is 25.8 Å². The number of ether oxygens (including phenoxy) is 3. The highest BCUT2D eigenvalue weighted by molar-refractivity contribution is 6.31. The van der Waals surface area contributed by atoms with Crippen molar-refractivity contribution in [3.63, 3.8) is 0 Å². The van der Waals surface area contributed by atoms with Gasteiger partial charge in [-0.15, -0.1) is 0 Å². The smallest absolute Gasteiger partial charge is 0.174 e. The molecule has 0 saturated heterocycles. The predicted molar refractivity (Wildman–Crippen MR) is 107 cm³/mol. The molecule has 0 fully saturated rings. The van der Waals surface area contributed by atoms with Gasteiger partial charge >= 0.3 is 0 Å². The number of hydrogen-bond donors (Lipinski definition) is 0. The van der Waals surface area contributed by atoms with Crippen molar-refractivity contribution >= 4 is 17.4 Å². The number of halogens is 1. The fourth-order valence-electron chi connectivity index (χ4n) is 2.32. The van der Waals surface area contributed by atoms with Crippen LogP contribution in [0.2, 0.25) is 0 Å². The first kappa shape index (κ1) is 21.8. The molecular weight excluding hydrogens is 352 g/mol. The standard InChI is InChI=1S/C21H27ClO4/c1-6-10-17(22)15(4)11-9-12-18(23)21-19(24-5)13-16(25-7-2)14-20(21)26-8-3/h6,9-11,13-14H,7-8,12H2,1-5H3/b10-6-,11-9+,17-15+. The topological polar surface area (TPSA) is 44.8 Å². The van der Waals surface area contributed by atoms with Gasteiger partial charge in [0, 0.05) is 23.6 Å². The normalized spacial score (nSPS) is 12.4. The summed E-state index contributed by atoms with van der Waals surface area (Å²) in [5.74, 6) is 1.42. The van der Waals surface area contributed by atoms with Crippen LogP contribution in [0.3, 0.4) is 0 Å². The van der Waals surface area contributed by atoms with Crippen molar-refractivity contribution in [1.82, 2.24) is 0 Å².